The highest BCUT2D eigenvalue weighted by molar-refractivity contribution is 5.23. The molecule has 0 bridgehead atoms. The molecule has 2 saturated carbocycles. The van der Waals surface area contributed by atoms with E-state index >= 15 is 0 Å². The van der Waals surface area contributed by atoms with Gasteiger partial charge in [-0.05, 0) is 37.7 Å². The zero-order valence-corrected chi connectivity index (χ0v) is 12.6. The first-order valence-electron chi connectivity index (χ1n) is 8.23. The molecule has 20 heavy (non-hydrogen) atoms. The number of aryl methyl sites for hydroxylation is 1. The summed E-state index contributed by atoms with van der Waals surface area (Å²) >= 11 is 0. The molecule has 1 unspecified atom stereocenters. The van der Waals surface area contributed by atoms with Gasteiger partial charge in [0, 0.05) is 19.2 Å². The fourth-order valence-corrected chi connectivity index (χ4v) is 2.77. The maximum Gasteiger partial charge on any atom is 0.0949 e. The molecule has 0 spiro atoms. The van der Waals surface area contributed by atoms with Crippen molar-refractivity contribution >= 4 is 0 Å². The average Bonchev–Trinajstić information content (AvgIpc) is 3.21. The number of ether oxygens (including phenoxy) is 1. The van der Waals surface area contributed by atoms with Crippen molar-refractivity contribution in [1.29, 1.82) is 0 Å². The molecule has 0 saturated heterocycles. The van der Waals surface area contributed by atoms with Gasteiger partial charge in [0.05, 0.1) is 6.10 Å². The van der Waals surface area contributed by atoms with E-state index in [2.05, 4.69) is 36.5 Å². The average molecular weight is 273 g/mol. The number of hydrogen-bond acceptors (Lipinski definition) is 2. The van der Waals surface area contributed by atoms with Gasteiger partial charge < -0.3 is 10.1 Å². The van der Waals surface area contributed by atoms with Gasteiger partial charge in [-0.2, -0.15) is 0 Å². The minimum Gasteiger partial charge on any atom is -0.372 e. The molecule has 2 aliphatic carbocycles. The lowest BCUT2D eigenvalue weighted by molar-refractivity contribution is 0.0369. The molecule has 0 aromatic heterocycles. The lowest BCUT2D eigenvalue weighted by atomic mass is 9.83. The van der Waals surface area contributed by atoms with Crippen molar-refractivity contribution in [3.05, 3.63) is 35.4 Å². The molecule has 0 amide bonds. The minimum atomic E-state index is 0.219. The van der Waals surface area contributed by atoms with Gasteiger partial charge in [-0.1, -0.05) is 49.1 Å². The number of nitrogens with one attached hydrogen (secondary N) is 1. The third kappa shape index (κ3) is 4.07. The first-order valence-corrected chi connectivity index (χ1v) is 8.23. The van der Waals surface area contributed by atoms with Gasteiger partial charge in [0.2, 0.25) is 0 Å². The Balaban J connectivity index is 1.51. The minimum absolute atomic E-state index is 0.219. The Hall–Kier alpha value is -0.860. The Labute approximate surface area is 122 Å². The normalized spacial score (nSPS) is 20.6. The summed E-state index contributed by atoms with van der Waals surface area (Å²) in [7, 11) is 0. The molecule has 2 fully saturated rings. The second-order valence-corrected chi connectivity index (χ2v) is 6.54. The third-order valence-electron chi connectivity index (χ3n) is 4.69. The van der Waals surface area contributed by atoms with Crippen LogP contribution in [0, 0.1) is 12.8 Å². The van der Waals surface area contributed by atoms with Crippen molar-refractivity contribution in [3.63, 3.8) is 0 Å². The number of rotatable bonds is 8. The predicted molar refractivity (Wildman–Crippen MR) is 82.9 cm³/mol. The molecule has 0 radical (unpaired) electrons. The van der Waals surface area contributed by atoms with Gasteiger partial charge in [-0.15, -0.1) is 0 Å². The Morgan fingerprint density at radius 3 is 2.50 bits per heavy atom. The smallest absolute Gasteiger partial charge is 0.0949 e. The highest BCUT2D eigenvalue weighted by Crippen LogP contribution is 2.30. The van der Waals surface area contributed by atoms with E-state index in [9.17, 15) is 0 Å². The van der Waals surface area contributed by atoms with Gasteiger partial charge in [0.15, 0.2) is 0 Å². The van der Waals surface area contributed by atoms with Crippen LogP contribution in [0.25, 0.3) is 0 Å². The molecule has 0 aliphatic heterocycles. The second kappa shape index (κ2) is 6.73. The summed E-state index contributed by atoms with van der Waals surface area (Å²) in [5, 5.41) is 3.61. The van der Waals surface area contributed by atoms with E-state index < -0.39 is 0 Å². The second-order valence-electron chi connectivity index (χ2n) is 6.54. The van der Waals surface area contributed by atoms with E-state index in [4.69, 9.17) is 4.74 Å². The van der Waals surface area contributed by atoms with Crippen LogP contribution in [0.1, 0.15) is 55.8 Å². The highest BCUT2D eigenvalue weighted by atomic mass is 16.5. The van der Waals surface area contributed by atoms with Crippen LogP contribution >= 0.6 is 0 Å². The van der Waals surface area contributed by atoms with Crippen molar-refractivity contribution in [1.82, 2.24) is 5.32 Å². The summed E-state index contributed by atoms with van der Waals surface area (Å²) < 4.78 is 6.19. The van der Waals surface area contributed by atoms with Crippen LogP contribution in [0.4, 0.5) is 0 Å². The van der Waals surface area contributed by atoms with Crippen LogP contribution in [0.5, 0.6) is 0 Å². The molecule has 2 nitrogen and oxygen atoms in total. The largest absolute Gasteiger partial charge is 0.372 e. The van der Waals surface area contributed by atoms with Gasteiger partial charge >= 0.3 is 0 Å². The Morgan fingerprint density at radius 2 is 1.90 bits per heavy atom. The summed E-state index contributed by atoms with van der Waals surface area (Å²) in [6.45, 7) is 4.01. The summed E-state index contributed by atoms with van der Waals surface area (Å²) in [4.78, 5) is 0. The SMILES string of the molecule is Cc1ccc(C(CNC2CC2)OCCC2CCC2)cc1. The number of hydrogen-bond donors (Lipinski definition) is 1. The van der Waals surface area contributed by atoms with Crippen molar-refractivity contribution in [2.75, 3.05) is 13.2 Å². The van der Waals surface area contributed by atoms with Crippen molar-refractivity contribution in [2.24, 2.45) is 5.92 Å². The molecule has 3 rings (SSSR count). The zero-order chi connectivity index (χ0) is 13.8. The summed E-state index contributed by atoms with van der Waals surface area (Å²) in [5.74, 6) is 0.935. The predicted octanol–water partition coefficient (Wildman–Crippen LogP) is 3.99. The highest BCUT2D eigenvalue weighted by Gasteiger charge is 2.23. The van der Waals surface area contributed by atoms with E-state index in [-0.39, 0.29) is 6.10 Å². The standard InChI is InChI=1S/C18H27NO/c1-14-5-7-16(8-6-14)18(13-19-17-9-10-17)20-12-11-15-3-2-4-15/h5-8,15,17-19H,2-4,9-13H2,1H3. The molecule has 2 heteroatoms. The summed E-state index contributed by atoms with van der Waals surface area (Å²) in [6.07, 6.45) is 8.39. The van der Waals surface area contributed by atoms with Gasteiger partial charge in [-0.3, -0.25) is 0 Å². The lowest BCUT2D eigenvalue weighted by Crippen LogP contribution is -2.26. The molecule has 1 aromatic rings. The van der Waals surface area contributed by atoms with Gasteiger partial charge in [0.25, 0.3) is 0 Å². The van der Waals surface area contributed by atoms with Crippen LogP contribution in [-0.4, -0.2) is 19.2 Å². The zero-order valence-electron chi connectivity index (χ0n) is 12.6. The molecule has 0 heterocycles. The maximum absolute atomic E-state index is 6.19. The van der Waals surface area contributed by atoms with Crippen LogP contribution in [-0.2, 0) is 4.74 Å². The fourth-order valence-electron chi connectivity index (χ4n) is 2.77. The number of benzene rings is 1. The Kier molecular flexibility index (Phi) is 4.74. The van der Waals surface area contributed by atoms with E-state index in [1.165, 1.54) is 49.7 Å². The summed E-state index contributed by atoms with van der Waals surface area (Å²) in [6, 6.07) is 9.57. The maximum atomic E-state index is 6.19. The summed E-state index contributed by atoms with van der Waals surface area (Å²) in [5.41, 5.74) is 2.63. The quantitative estimate of drug-likeness (QED) is 0.773. The molecule has 1 aromatic carbocycles. The molecular weight excluding hydrogens is 246 g/mol. The van der Waals surface area contributed by atoms with E-state index in [0.29, 0.717) is 0 Å². The van der Waals surface area contributed by atoms with Crippen LogP contribution in [0.15, 0.2) is 24.3 Å². The fraction of sp³-hybridized carbons (Fsp3) is 0.667. The van der Waals surface area contributed by atoms with Crippen LogP contribution in [0.2, 0.25) is 0 Å². The van der Waals surface area contributed by atoms with E-state index in [1.54, 1.807) is 0 Å². The van der Waals surface area contributed by atoms with Crippen LogP contribution < -0.4 is 5.32 Å². The molecule has 110 valence electrons. The topological polar surface area (TPSA) is 21.3 Å². The first kappa shape index (κ1) is 14.1. The van der Waals surface area contributed by atoms with E-state index in [0.717, 1.165) is 25.1 Å². The molecule has 1 N–H and O–H groups in total. The Morgan fingerprint density at radius 1 is 1.15 bits per heavy atom. The van der Waals surface area contributed by atoms with Crippen molar-refractivity contribution in [3.8, 4) is 0 Å². The van der Waals surface area contributed by atoms with E-state index in [1.807, 2.05) is 0 Å². The third-order valence-corrected chi connectivity index (χ3v) is 4.69. The lowest BCUT2D eigenvalue weighted by Gasteiger charge is -2.26. The van der Waals surface area contributed by atoms with Crippen LogP contribution in [0.3, 0.4) is 0 Å². The van der Waals surface area contributed by atoms with Crippen molar-refractivity contribution in [2.45, 2.75) is 57.6 Å². The molecular formula is C18H27NO. The molecule has 2 aliphatic rings. The first-order chi connectivity index (χ1) is 9.81. The van der Waals surface area contributed by atoms with Crippen molar-refractivity contribution < 1.29 is 4.74 Å². The van der Waals surface area contributed by atoms with Gasteiger partial charge in [0.1, 0.15) is 0 Å². The molecule has 1 atom stereocenters. The monoisotopic (exact) mass is 273 g/mol. The van der Waals surface area contributed by atoms with Gasteiger partial charge in [-0.25, -0.2) is 0 Å². The Bertz CT molecular complexity index is 406.